The Labute approximate surface area is 136 Å². The van der Waals surface area contributed by atoms with Crippen LogP contribution in [0.25, 0.3) is 0 Å². The third-order valence-electron chi connectivity index (χ3n) is 3.25. The van der Waals surface area contributed by atoms with E-state index in [1.807, 2.05) is 13.8 Å². The third kappa shape index (κ3) is 6.05. The van der Waals surface area contributed by atoms with E-state index in [4.69, 9.17) is 4.43 Å². The molecule has 21 heavy (non-hydrogen) atoms. The van der Waals surface area contributed by atoms with Crippen LogP contribution >= 0.6 is 11.3 Å². The summed E-state index contributed by atoms with van der Waals surface area (Å²) in [6.07, 6.45) is 1.46. The Bertz CT molecular complexity index is 469. The van der Waals surface area contributed by atoms with Gasteiger partial charge >= 0.3 is 0 Å². The molecule has 0 fully saturated rings. The van der Waals surface area contributed by atoms with Crippen LogP contribution in [0.1, 0.15) is 65.3 Å². The minimum atomic E-state index is -0.290. The van der Waals surface area contributed by atoms with E-state index in [0.717, 1.165) is 6.42 Å². The predicted molar refractivity (Wildman–Crippen MR) is 92.1 cm³/mol. The van der Waals surface area contributed by atoms with E-state index in [1.165, 1.54) is 10.4 Å². The van der Waals surface area contributed by atoms with Crippen LogP contribution in [0.15, 0.2) is 11.4 Å². The summed E-state index contributed by atoms with van der Waals surface area (Å²) in [5.74, 6) is 0.463. The second-order valence-corrected chi connectivity index (χ2v) is 10.3. The van der Waals surface area contributed by atoms with Crippen LogP contribution in [0.3, 0.4) is 0 Å². The molecule has 1 heterocycles. The highest BCUT2D eigenvalue weighted by atomic mass is 32.1. The minimum absolute atomic E-state index is 0.125. The van der Waals surface area contributed by atoms with Gasteiger partial charge in [0.15, 0.2) is 0 Å². The first kappa shape index (κ1) is 18.6. The van der Waals surface area contributed by atoms with Crippen LogP contribution in [0, 0.1) is 5.92 Å². The monoisotopic (exact) mass is 324 g/mol. The van der Waals surface area contributed by atoms with Crippen molar-refractivity contribution in [3.8, 4) is 0 Å². The molecular formula is C17H28O2SSi. The van der Waals surface area contributed by atoms with Crippen molar-refractivity contribution in [2.24, 2.45) is 5.92 Å². The molecule has 1 rings (SSSR count). The van der Waals surface area contributed by atoms with Gasteiger partial charge in [-0.05, 0) is 42.3 Å². The fourth-order valence-corrected chi connectivity index (χ4v) is 3.63. The number of thiophene rings is 1. The maximum Gasteiger partial charge on any atom is 0.236 e. The fourth-order valence-electron chi connectivity index (χ4n) is 1.93. The fraction of sp³-hybridized carbons (Fsp3) is 0.706. The number of hydrogen-bond donors (Lipinski definition) is 0. The quantitative estimate of drug-likeness (QED) is 0.660. The van der Waals surface area contributed by atoms with Crippen LogP contribution in [-0.2, 0) is 21.2 Å². The first-order valence-electron chi connectivity index (χ1n) is 7.57. The highest BCUT2D eigenvalue weighted by Gasteiger charge is 2.28. The third-order valence-corrected chi connectivity index (χ3v) is 5.45. The van der Waals surface area contributed by atoms with Gasteiger partial charge in [-0.2, -0.15) is 0 Å². The molecule has 0 unspecified atom stereocenters. The molecule has 0 atom stereocenters. The number of carbonyl (C=O) groups is 1. The van der Waals surface area contributed by atoms with Crippen molar-refractivity contribution in [2.75, 3.05) is 0 Å². The van der Waals surface area contributed by atoms with Crippen LogP contribution in [-0.4, -0.2) is 15.5 Å². The Morgan fingerprint density at radius 1 is 1.29 bits per heavy atom. The molecule has 0 spiro atoms. The first-order chi connectivity index (χ1) is 9.53. The van der Waals surface area contributed by atoms with Crippen molar-refractivity contribution in [3.63, 3.8) is 0 Å². The highest BCUT2D eigenvalue weighted by Crippen LogP contribution is 2.34. The van der Waals surface area contributed by atoms with Gasteiger partial charge in [0, 0.05) is 17.2 Å². The summed E-state index contributed by atoms with van der Waals surface area (Å²) in [5.41, 5.74) is 0.947. The van der Waals surface area contributed by atoms with Gasteiger partial charge in [-0.15, -0.1) is 11.3 Å². The summed E-state index contributed by atoms with van der Waals surface area (Å²) in [6.45, 7) is 14.8. The van der Waals surface area contributed by atoms with Gasteiger partial charge in [0.1, 0.15) is 5.78 Å². The largest absolute Gasteiger partial charge is 0.408 e. The summed E-state index contributed by atoms with van der Waals surface area (Å²) in [7, 11) is 0.458. The molecule has 1 aromatic heterocycles. The Hall–Kier alpha value is -0.453. The second-order valence-electron chi connectivity index (χ2n) is 7.34. The molecular weight excluding hydrogens is 296 g/mol. The van der Waals surface area contributed by atoms with Crippen LogP contribution < -0.4 is 0 Å². The molecule has 0 saturated heterocycles. The highest BCUT2D eigenvalue weighted by molar-refractivity contribution is 7.10. The van der Waals surface area contributed by atoms with Gasteiger partial charge in [-0.3, -0.25) is 4.79 Å². The second kappa shape index (κ2) is 7.21. The van der Waals surface area contributed by atoms with Crippen molar-refractivity contribution < 1.29 is 9.22 Å². The molecule has 0 bridgehead atoms. The summed E-state index contributed by atoms with van der Waals surface area (Å²) >= 11 is 1.73. The zero-order chi connectivity index (χ0) is 16.3. The lowest BCUT2D eigenvalue weighted by Gasteiger charge is -2.30. The van der Waals surface area contributed by atoms with Crippen LogP contribution in [0.5, 0.6) is 0 Å². The van der Waals surface area contributed by atoms with Crippen molar-refractivity contribution in [2.45, 2.75) is 71.9 Å². The Balaban J connectivity index is 2.75. The maximum absolute atomic E-state index is 11.8. The standard InChI is InChI=1S/C17H28O2SSi/c1-12(2)14(18)8-9-15-13(10-11-20-15)17(6,7)19-21-16(3,4)5/h10-12H,8-9H2,1-7H3. The van der Waals surface area contributed by atoms with E-state index in [9.17, 15) is 4.79 Å². The van der Waals surface area contributed by atoms with Crippen molar-refractivity contribution >= 4 is 26.9 Å². The van der Waals surface area contributed by atoms with Gasteiger partial charge in [0.25, 0.3) is 0 Å². The van der Waals surface area contributed by atoms with Gasteiger partial charge in [-0.25, -0.2) is 0 Å². The number of Topliss-reactive ketones (excluding diaryl/α,β-unsaturated/α-hetero) is 1. The smallest absolute Gasteiger partial charge is 0.236 e. The number of carbonyl (C=O) groups excluding carboxylic acids is 1. The Kier molecular flexibility index (Phi) is 6.38. The predicted octanol–water partition coefficient (Wildman–Crippen LogP) is 5.00. The summed E-state index contributed by atoms with van der Waals surface area (Å²) in [4.78, 5) is 13.1. The molecule has 0 amide bonds. The molecule has 118 valence electrons. The molecule has 0 aliphatic rings. The average molecular weight is 325 g/mol. The Morgan fingerprint density at radius 3 is 2.43 bits per heavy atom. The number of aryl methyl sites for hydroxylation is 1. The van der Waals surface area contributed by atoms with Crippen molar-refractivity contribution in [1.82, 2.24) is 0 Å². The zero-order valence-electron chi connectivity index (χ0n) is 14.4. The number of ketones is 1. The molecule has 2 nitrogen and oxygen atoms in total. The Morgan fingerprint density at radius 2 is 1.90 bits per heavy atom. The van der Waals surface area contributed by atoms with Gasteiger partial charge in [0.05, 0.1) is 5.60 Å². The van der Waals surface area contributed by atoms with Gasteiger partial charge in [0.2, 0.25) is 9.76 Å². The first-order valence-corrected chi connectivity index (χ1v) is 9.36. The van der Waals surface area contributed by atoms with Gasteiger partial charge in [-0.1, -0.05) is 34.6 Å². The van der Waals surface area contributed by atoms with E-state index in [-0.39, 0.29) is 16.6 Å². The number of hydrogen-bond acceptors (Lipinski definition) is 3. The van der Waals surface area contributed by atoms with Gasteiger partial charge < -0.3 is 4.43 Å². The number of rotatable bonds is 7. The molecule has 0 N–H and O–H groups in total. The topological polar surface area (TPSA) is 26.3 Å². The van der Waals surface area contributed by atoms with Crippen molar-refractivity contribution in [1.29, 1.82) is 0 Å². The van der Waals surface area contributed by atoms with E-state index in [2.05, 4.69) is 46.1 Å². The SMILES string of the molecule is CC(C)C(=O)CCc1sccc1C(C)(C)O[Si]C(C)(C)C. The van der Waals surface area contributed by atoms with E-state index in [1.54, 1.807) is 11.3 Å². The molecule has 0 saturated carbocycles. The van der Waals surface area contributed by atoms with E-state index < -0.39 is 0 Å². The van der Waals surface area contributed by atoms with Crippen molar-refractivity contribution in [3.05, 3.63) is 21.9 Å². The summed E-state index contributed by atoms with van der Waals surface area (Å²) in [5, 5.41) is 2.29. The molecule has 1 aromatic rings. The minimum Gasteiger partial charge on any atom is -0.408 e. The van der Waals surface area contributed by atoms with Crippen LogP contribution in [0.2, 0.25) is 5.04 Å². The summed E-state index contributed by atoms with van der Waals surface area (Å²) < 4.78 is 6.18. The van der Waals surface area contributed by atoms with E-state index >= 15 is 0 Å². The average Bonchev–Trinajstić information content (AvgIpc) is 2.81. The molecule has 0 aliphatic carbocycles. The molecule has 0 aromatic carbocycles. The lowest BCUT2D eigenvalue weighted by molar-refractivity contribution is -0.121. The van der Waals surface area contributed by atoms with E-state index in [0.29, 0.717) is 22.0 Å². The summed E-state index contributed by atoms with van der Waals surface area (Å²) in [6, 6.07) is 2.15. The molecule has 0 aliphatic heterocycles. The molecule has 4 heteroatoms. The normalized spacial score (nSPS) is 13.0. The maximum atomic E-state index is 11.8. The zero-order valence-corrected chi connectivity index (χ0v) is 16.2. The lowest BCUT2D eigenvalue weighted by atomic mass is 9.96. The lowest BCUT2D eigenvalue weighted by Crippen LogP contribution is -2.28. The molecule has 2 radical (unpaired) electrons. The van der Waals surface area contributed by atoms with Crippen LogP contribution in [0.4, 0.5) is 0 Å².